The van der Waals surface area contributed by atoms with E-state index in [1.807, 2.05) is 0 Å². The fraction of sp³-hybridized carbons (Fsp3) is 0.941. The summed E-state index contributed by atoms with van der Waals surface area (Å²) in [6.45, 7) is 16.5. The molecular formula is C17H37IN4O. The molecular weight excluding hydrogens is 403 g/mol. The molecule has 6 heteroatoms. The smallest absolute Gasteiger partial charge is 0.191 e. The average molecular weight is 440 g/mol. The van der Waals surface area contributed by atoms with Crippen molar-refractivity contribution >= 4 is 29.9 Å². The third-order valence-corrected chi connectivity index (χ3v) is 4.09. The number of rotatable bonds is 8. The van der Waals surface area contributed by atoms with Crippen molar-refractivity contribution in [1.82, 2.24) is 15.5 Å². The van der Waals surface area contributed by atoms with Crippen molar-refractivity contribution in [3.8, 4) is 0 Å². The molecule has 5 nitrogen and oxygen atoms in total. The van der Waals surface area contributed by atoms with Crippen molar-refractivity contribution in [2.45, 2.75) is 59.5 Å². The summed E-state index contributed by atoms with van der Waals surface area (Å²) in [7, 11) is 0. The van der Waals surface area contributed by atoms with Gasteiger partial charge >= 0.3 is 0 Å². The zero-order valence-corrected chi connectivity index (χ0v) is 17.9. The fourth-order valence-corrected chi connectivity index (χ4v) is 2.78. The van der Waals surface area contributed by atoms with Crippen LogP contribution in [0.25, 0.3) is 0 Å². The van der Waals surface area contributed by atoms with E-state index in [1.54, 1.807) is 0 Å². The van der Waals surface area contributed by atoms with Crippen LogP contribution in [0.4, 0.5) is 0 Å². The van der Waals surface area contributed by atoms with Crippen molar-refractivity contribution in [2.24, 2.45) is 10.9 Å². The second kappa shape index (κ2) is 13.2. The predicted octanol–water partition coefficient (Wildman–Crippen LogP) is 2.70. The lowest BCUT2D eigenvalue weighted by Gasteiger charge is -2.37. The minimum absolute atomic E-state index is 0. The van der Waals surface area contributed by atoms with Gasteiger partial charge in [0.25, 0.3) is 0 Å². The van der Waals surface area contributed by atoms with Crippen molar-refractivity contribution in [3.05, 3.63) is 0 Å². The minimum atomic E-state index is 0. The van der Waals surface area contributed by atoms with Gasteiger partial charge in [-0.1, -0.05) is 13.8 Å². The molecule has 2 unspecified atom stereocenters. The second-order valence-electron chi connectivity index (χ2n) is 6.69. The van der Waals surface area contributed by atoms with Crippen LogP contribution < -0.4 is 10.6 Å². The van der Waals surface area contributed by atoms with Gasteiger partial charge in [0.05, 0.1) is 19.8 Å². The summed E-state index contributed by atoms with van der Waals surface area (Å²) in [5.41, 5.74) is 0. The number of morpholine rings is 1. The summed E-state index contributed by atoms with van der Waals surface area (Å²) < 4.78 is 5.51. The Labute approximate surface area is 160 Å². The monoisotopic (exact) mass is 440 g/mol. The summed E-state index contributed by atoms with van der Waals surface area (Å²) in [4.78, 5) is 7.25. The molecule has 0 saturated carbocycles. The number of aliphatic imine (C=N–C) groups is 1. The van der Waals surface area contributed by atoms with E-state index >= 15 is 0 Å². The molecule has 138 valence electrons. The van der Waals surface area contributed by atoms with Crippen molar-refractivity contribution in [3.63, 3.8) is 0 Å². The highest BCUT2D eigenvalue weighted by Gasteiger charge is 2.23. The van der Waals surface area contributed by atoms with Crippen LogP contribution in [0, 0.1) is 5.92 Å². The Balaban J connectivity index is 0.00000484. The normalized spacial score (nSPS) is 21.0. The molecule has 0 aromatic carbocycles. The Morgan fingerprint density at radius 3 is 2.65 bits per heavy atom. The van der Waals surface area contributed by atoms with Crippen LogP contribution in [0.5, 0.6) is 0 Å². The molecule has 23 heavy (non-hydrogen) atoms. The maximum absolute atomic E-state index is 5.51. The number of hydrogen-bond donors (Lipinski definition) is 2. The molecule has 1 rings (SSSR count). The molecule has 0 radical (unpaired) electrons. The van der Waals surface area contributed by atoms with Crippen molar-refractivity contribution in [1.29, 1.82) is 0 Å². The minimum Gasteiger partial charge on any atom is -0.379 e. The molecule has 1 fully saturated rings. The van der Waals surface area contributed by atoms with Crippen LogP contribution in [0.1, 0.15) is 47.5 Å². The van der Waals surface area contributed by atoms with Gasteiger partial charge in [0.1, 0.15) is 0 Å². The summed E-state index contributed by atoms with van der Waals surface area (Å²) in [6.07, 6.45) is 2.45. The first-order valence-electron chi connectivity index (χ1n) is 8.90. The van der Waals surface area contributed by atoms with Gasteiger partial charge in [0.2, 0.25) is 0 Å². The van der Waals surface area contributed by atoms with E-state index in [9.17, 15) is 0 Å². The number of nitrogens with zero attached hydrogens (tertiary/aromatic N) is 2. The van der Waals surface area contributed by atoms with Crippen molar-refractivity contribution < 1.29 is 4.74 Å². The second-order valence-corrected chi connectivity index (χ2v) is 6.69. The first-order chi connectivity index (χ1) is 10.5. The molecule has 0 aliphatic carbocycles. The molecule has 2 N–H and O–H groups in total. The van der Waals surface area contributed by atoms with Crippen molar-refractivity contribution in [2.75, 3.05) is 39.4 Å². The standard InChI is InChI=1S/C17H36N4O.HI/c1-6-18-17(19-9-7-8-14(2)3)20-12-15(4)21-10-11-22-13-16(21)5;/h14-16H,6-13H2,1-5H3,(H2,18,19,20);1H. The maximum Gasteiger partial charge on any atom is 0.191 e. The molecule has 1 aliphatic rings. The van der Waals surface area contributed by atoms with E-state index in [0.717, 1.165) is 51.3 Å². The number of ether oxygens (including phenoxy) is 1. The zero-order valence-electron chi connectivity index (χ0n) is 15.6. The van der Waals surface area contributed by atoms with Crippen LogP contribution in [-0.4, -0.2) is 62.3 Å². The van der Waals surface area contributed by atoms with E-state index in [1.165, 1.54) is 12.8 Å². The molecule has 1 saturated heterocycles. The van der Waals surface area contributed by atoms with Gasteiger partial charge in [-0.15, -0.1) is 24.0 Å². The summed E-state index contributed by atoms with van der Waals surface area (Å²) in [5, 5.41) is 6.78. The Hall–Kier alpha value is -0.0800. The molecule has 1 aliphatic heterocycles. The van der Waals surface area contributed by atoms with Crippen LogP contribution in [0.3, 0.4) is 0 Å². The molecule has 1 heterocycles. The molecule has 2 atom stereocenters. The molecule has 0 aromatic heterocycles. The van der Waals surface area contributed by atoms with Gasteiger partial charge in [-0.3, -0.25) is 9.89 Å². The lowest BCUT2D eigenvalue weighted by Crippen LogP contribution is -2.49. The molecule has 0 spiro atoms. The van der Waals surface area contributed by atoms with Gasteiger partial charge in [-0.05, 0) is 39.5 Å². The highest BCUT2D eigenvalue weighted by molar-refractivity contribution is 14.0. The van der Waals surface area contributed by atoms with Crippen LogP contribution in [-0.2, 0) is 4.74 Å². The van der Waals surface area contributed by atoms with Crippen LogP contribution in [0.2, 0.25) is 0 Å². The Morgan fingerprint density at radius 2 is 2.04 bits per heavy atom. The summed E-state index contributed by atoms with van der Waals surface area (Å²) in [6, 6.07) is 0.936. The quantitative estimate of drug-likeness (QED) is 0.264. The number of guanidine groups is 1. The zero-order chi connectivity index (χ0) is 16.4. The lowest BCUT2D eigenvalue weighted by atomic mass is 10.1. The topological polar surface area (TPSA) is 48.9 Å². The highest BCUT2D eigenvalue weighted by Crippen LogP contribution is 2.10. The van der Waals surface area contributed by atoms with E-state index in [-0.39, 0.29) is 24.0 Å². The highest BCUT2D eigenvalue weighted by atomic mass is 127. The lowest BCUT2D eigenvalue weighted by molar-refractivity contribution is -0.0165. The number of hydrogen-bond acceptors (Lipinski definition) is 3. The first-order valence-corrected chi connectivity index (χ1v) is 8.90. The van der Waals surface area contributed by atoms with Crippen LogP contribution >= 0.6 is 24.0 Å². The Morgan fingerprint density at radius 1 is 1.30 bits per heavy atom. The summed E-state index contributed by atoms with van der Waals surface area (Å²) >= 11 is 0. The van der Waals surface area contributed by atoms with E-state index < -0.39 is 0 Å². The maximum atomic E-state index is 5.51. The van der Waals surface area contributed by atoms with Gasteiger partial charge in [0, 0.05) is 31.7 Å². The molecule has 0 amide bonds. The van der Waals surface area contributed by atoms with E-state index in [0.29, 0.717) is 12.1 Å². The predicted molar refractivity (Wildman–Crippen MR) is 110 cm³/mol. The number of nitrogens with one attached hydrogen (secondary N) is 2. The molecule has 0 aromatic rings. The number of halogens is 1. The van der Waals surface area contributed by atoms with E-state index in [4.69, 9.17) is 9.73 Å². The van der Waals surface area contributed by atoms with E-state index in [2.05, 4.69) is 50.2 Å². The third-order valence-electron chi connectivity index (χ3n) is 4.09. The molecule has 0 bridgehead atoms. The van der Waals surface area contributed by atoms with Gasteiger partial charge in [-0.2, -0.15) is 0 Å². The Bertz CT molecular complexity index is 326. The largest absolute Gasteiger partial charge is 0.379 e. The van der Waals surface area contributed by atoms with Gasteiger partial charge < -0.3 is 15.4 Å². The van der Waals surface area contributed by atoms with Crippen LogP contribution in [0.15, 0.2) is 4.99 Å². The fourth-order valence-electron chi connectivity index (χ4n) is 2.78. The Kier molecular flexibility index (Phi) is 13.2. The SMILES string of the molecule is CCNC(=NCC(C)N1CCOCC1C)NCCCC(C)C.I. The third kappa shape index (κ3) is 9.72. The van der Waals surface area contributed by atoms with Gasteiger partial charge in [0.15, 0.2) is 5.96 Å². The first kappa shape index (κ1) is 22.9. The van der Waals surface area contributed by atoms with Gasteiger partial charge in [-0.25, -0.2) is 0 Å². The summed E-state index contributed by atoms with van der Waals surface area (Å²) in [5.74, 6) is 1.71. The average Bonchev–Trinajstić information content (AvgIpc) is 2.49.